The molecule has 0 aliphatic carbocycles. The SMILES string of the molecule is COc1cccc(OC)c1-n1c(C(=O)NNC(=O)Cc2ccc(Cl)cn2)nnc1-c1cncc(C)c1. The Morgan fingerprint density at radius 3 is 2.39 bits per heavy atom. The van der Waals surface area contributed by atoms with Crippen LogP contribution in [0.1, 0.15) is 21.9 Å². The smallest absolute Gasteiger partial charge is 0.307 e. The van der Waals surface area contributed by atoms with Crippen molar-refractivity contribution < 1.29 is 19.1 Å². The molecular weight excluding hydrogens is 486 g/mol. The molecule has 0 saturated heterocycles. The van der Waals surface area contributed by atoms with Gasteiger partial charge in [-0.2, -0.15) is 0 Å². The predicted octanol–water partition coefficient (Wildman–Crippen LogP) is 2.71. The summed E-state index contributed by atoms with van der Waals surface area (Å²) in [6.45, 7) is 1.89. The zero-order chi connectivity index (χ0) is 25.7. The van der Waals surface area contributed by atoms with Crippen LogP contribution in [0.5, 0.6) is 11.5 Å². The molecule has 4 aromatic rings. The van der Waals surface area contributed by atoms with Crippen LogP contribution in [0.3, 0.4) is 0 Å². The Kier molecular flexibility index (Phi) is 7.40. The third-order valence-electron chi connectivity index (χ3n) is 5.07. The van der Waals surface area contributed by atoms with E-state index in [2.05, 4.69) is 31.0 Å². The highest BCUT2D eigenvalue weighted by molar-refractivity contribution is 6.30. The van der Waals surface area contributed by atoms with E-state index in [-0.39, 0.29) is 12.2 Å². The van der Waals surface area contributed by atoms with Crippen molar-refractivity contribution in [2.45, 2.75) is 13.3 Å². The third kappa shape index (κ3) is 5.26. The minimum absolute atomic E-state index is 0.0648. The molecule has 2 N–H and O–H groups in total. The lowest BCUT2D eigenvalue weighted by molar-refractivity contribution is -0.121. The molecule has 2 amide bonds. The van der Waals surface area contributed by atoms with Crippen molar-refractivity contribution >= 4 is 23.4 Å². The van der Waals surface area contributed by atoms with Gasteiger partial charge in [0.2, 0.25) is 11.7 Å². The molecule has 0 unspecified atom stereocenters. The molecule has 0 fully saturated rings. The van der Waals surface area contributed by atoms with E-state index in [0.717, 1.165) is 5.56 Å². The number of hydrogen-bond acceptors (Lipinski definition) is 8. The van der Waals surface area contributed by atoms with Crippen molar-refractivity contribution in [3.8, 4) is 28.6 Å². The topological polar surface area (TPSA) is 133 Å². The Hall–Kier alpha value is -4.51. The largest absolute Gasteiger partial charge is 0.494 e. The van der Waals surface area contributed by atoms with Crippen molar-refractivity contribution in [1.82, 2.24) is 35.6 Å². The molecule has 0 spiro atoms. The lowest BCUT2D eigenvalue weighted by Crippen LogP contribution is -2.43. The van der Waals surface area contributed by atoms with E-state index in [1.165, 1.54) is 25.0 Å². The van der Waals surface area contributed by atoms with Crippen molar-refractivity contribution in [2.24, 2.45) is 0 Å². The van der Waals surface area contributed by atoms with Gasteiger partial charge in [-0.15, -0.1) is 10.2 Å². The number of nitrogens with zero attached hydrogens (tertiary/aromatic N) is 5. The molecule has 36 heavy (non-hydrogen) atoms. The van der Waals surface area contributed by atoms with Gasteiger partial charge in [0.05, 0.1) is 25.7 Å². The number of pyridine rings is 2. The first-order chi connectivity index (χ1) is 17.4. The number of carbonyl (C=O) groups is 2. The second-order valence-corrected chi connectivity index (χ2v) is 8.03. The lowest BCUT2D eigenvalue weighted by atomic mass is 10.2. The van der Waals surface area contributed by atoms with Gasteiger partial charge in [-0.3, -0.25) is 35.0 Å². The monoisotopic (exact) mass is 507 g/mol. The van der Waals surface area contributed by atoms with Gasteiger partial charge in [-0.25, -0.2) is 0 Å². The zero-order valence-corrected chi connectivity index (χ0v) is 20.4. The Morgan fingerprint density at radius 1 is 1.00 bits per heavy atom. The van der Waals surface area contributed by atoms with E-state index in [1.807, 2.05) is 13.0 Å². The molecule has 4 rings (SSSR count). The number of halogens is 1. The van der Waals surface area contributed by atoms with E-state index >= 15 is 0 Å². The summed E-state index contributed by atoms with van der Waals surface area (Å²) >= 11 is 5.83. The first kappa shape index (κ1) is 24.6. The van der Waals surface area contributed by atoms with Crippen molar-refractivity contribution in [3.05, 3.63) is 77.1 Å². The van der Waals surface area contributed by atoms with Gasteiger partial charge in [-0.05, 0) is 42.8 Å². The van der Waals surface area contributed by atoms with E-state index in [1.54, 1.807) is 42.7 Å². The summed E-state index contributed by atoms with van der Waals surface area (Å²) in [6, 6.07) is 10.3. The van der Waals surface area contributed by atoms with Gasteiger partial charge in [0, 0.05) is 29.8 Å². The van der Waals surface area contributed by atoms with Gasteiger partial charge in [0.1, 0.15) is 17.2 Å². The van der Waals surface area contributed by atoms with E-state index < -0.39 is 11.8 Å². The van der Waals surface area contributed by atoms with Crippen molar-refractivity contribution in [2.75, 3.05) is 14.2 Å². The van der Waals surface area contributed by atoms with E-state index in [4.69, 9.17) is 21.1 Å². The van der Waals surface area contributed by atoms with Crippen LogP contribution in [0.25, 0.3) is 17.1 Å². The average molecular weight is 508 g/mol. The predicted molar refractivity (Wildman–Crippen MR) is 131 cm³/mol. The summed E-state index contributed by atoms with van der Waals surface area (Å²) < 4.78 is 12.6. The molecule has 12 heteroatoms. The molecule has 3 heterocycles. The fourth-order valence-corrected chi connectivity index (χ4v) is 3.57. The Bertz CT molecular complexity index is 1380. The van der Waals surface area contributed by atoms with E-state index in [9.17, 15) is 9.59 Å². The number of hydrogen-bond donors (Lipinski definition) is 2. The molecule has 0 atom stereocenters. The molecule has 0 bridgehead atoms. The fourth-order valence-electron chi connectivity index (χ4n) is 3.46. The van der Waals surface area contributed by atoms with Gasteiger partial charge in [0.15, 0.2) is 5.82 Å². The number of nitrogens with one attached hydrogen (secondary N) is 2. The summed E-state index contributed by atoms with van der Waals surface area (Å²) in [7, 11) is 3.00. The quantitative estimate of drug-likeness (QED) is 0.365. The molecule has 3 aromatic heterocycles. The third-order valence-corrected chi connectivity index (χ3v) is 5.29. The van der Waals surface area contributed by atoms with Crippen molar-refractivity contribution in [1.29, 1.82) is 0 Å². The molecule has 0 saturated carbocycles. The Morgan fingerprint density at radius 2 is 1.75 bits per heavy atom. The maximum atomic E-state index is 13.2. The zero-order valence-electron chi connectivity index (χ0n) is 19.7. The van der Waals surface area contributed by atoms with Crippen molar-refractivity contribution in [3.63, 3.8) is 0 Å². The highest BCUT2D eigenvalue weighted by Gasteiger charge is 2.26. The second kappa shape index (κ2) is 10.8. The summed E-state index contributed by atoms with van der Waals surface area (Å²) in [5.41, 5.74) is 7.16. The Labute approximate surface area is 211 Å². The molecule has 184 valence electrons. The molecular formula is C24H22ClN7O4. The summed E-state index contributed by atoms with van der Waals surface area (Å²) in [4.78, 5) is 33.8. The number of ether oxygens (including phenoxy) is 2. The van der Waals surface area contributed by atoms with Crippen LogP contribution in [0.15, 0.2) is 55.0 Å². The molecule has 11 nitrogen and oxygen atoms in total. The number of para-hydroxylation sites is 1. The van der Waals surface area contributed by atoms with Gasteiger partial charge in [-0.1, -0.05) is 17.7 Å². The highest BCUT2D eigenvalue weighted by atomic mass is 35.5. The number of hydrazine groups is 1. The molecule has 1 aromatic carbocycles. The molecule has 0 radical (unpaired) electrons. The van der Waals surface area contributed by atoms with Gasteiger partial charge < -0.3 is 9.47 Å². The number of rotatable bonds is 7. The number of carbonyl (C=O) groups excluding carboxylic acids is 2. The molecule has 0 aliphatic rings. The van der Waals surface area contributed by atoms with Crippen LogP contribution in [0.2, 0.25) is 5.02 Å². The van der Waals surface area contributed by atoms with Crippen LogP contribution in [0, 0.1) is 6.92 Å². The van der Waals surface area contributed by atoms with Gasteiger partial charge >= 0.3 is 5.91 Å². The number of methoxy groups -OCH3 is 2. The van der Waals surface area contributed by atoms with Crippen LogP contribution in [0.4, 0.5) is 0 Å². The number of aromatic nitrogens is 5. The summed E-state index contributed by atoms with van der Waals surface area (Å²) in [5.74, 6) is -0.136. The lowest BCUT2D eigenvalue weighted by Gasteiger charge is -2.17. The minimum Gasteiger partial charge on any atom is -0.494 e. The number of amides is 2. The van der Waals surface area contributed by atoms with Crippen LogP contribution < -0.4 is 20.3 Å². The van der Waals surface area contributed by atoms with Gasteiger partial charge in [0.25, 0.3) is 0 Å². The minimum atomic E-state index is -0.709. The van der Waals surface area contributed by atoms with E-state index in [0.29, 0.717) is 39.3 Å². The maximum absolute atomic E-state index is 13.2. The summed E-state index contributed by atoms with van der Waals surface area (Å²) in [5, 5.41) is 8.81. The first-order valence-electron chi connectivity index (χ1n) is 10.7. The van der Waals surface area contributed by atoms with Crippen LogP contribution >= 0.6 is 11.6 Å². The normalized spacial score (nSPS) is 10.6. The fraction of sp³-hybridized carbons (Fsp3) is 0.167. The number of benzene rings is 1. The maximum Gasteiger partial charge on any atom is 0.307 e. The van der Waals surface area contributed by atoms with Crippen LogP contribution in [-0.4, -0.2) is 50.8 Å². The summed E-state index contributed by atoms with van der Waals surface area (Å²) in [6.07, 6.45) is 4.68. The standard InChI is InChI=1S/C24H22ClN7O4/c1-14-9-15(12-26-11-14)22-29-30-23(32(22)21-18(35-2)5-4-6-19(21)36-3)24(34)31-28-20(33)10-17-8-7-16(25)13-27-17/h4-9,11-13H,10H2,1-3H3,(H,28,33)(H,31,34). The second-order valence-electron chi connectivity index (χ2n) is 7.59. The van der Waals surface area contributed by atoms with Crippen LogP contribution in [-0.2, 0) is 11.2 Å². The molecule has 0 aliphatic heterocycles. The number of aryl methyl sites for hydroxylation is 1. The highest BCUT2D eigenvalue weighted by Crippen LogP contribution is 2.36. The average Bonchev–Trinajstić information content (AvgIpc) is 3.33. The Balaban J connectivity index is 1.69. The first-order valence-corrected chi connectivity index (χ1v) is 11.1.